The molecule has 0 radical (unpaired) electrons. The third-order valence-electron chi connectivity index (χ3n) is 6.43. The second-order valence-corrected chi connectivity index (χ2v) is 9.12. The fraction of sp³-hybridized carbons (Fsp3) is 0.241. The van der Waals surface area contributed by atoms with Gasteiger partial charge in [-0.2, -0.15) is 5.10 Å². The van der Waals surface area contributed by atoms with Crippen LogP contribution in [0.15, 0.2) is 72.8 Å². The van der Waals surface area contributed by atoms with Crippen molar-refractivity contribution in [3.63, 3.8) is 0 Å². The lowest BCUT2D eigenvalue weighted by Gasteiger charge is -2.30. The van der Waals surface area contributed by atoms with Gasteiger partial charge in [0.25, 0.3) is 5.91 Å². The summed E-state index contributed by atoms with van der Waals surface area (Å²) in [6.45, 7) is 6.56. The van der Waals surface area contributed by atoms with Gasteiger partial charge in [0.2, 0.25) is 0 Å². The van der Waals surface area contributed by atoms with Crippen LogP contribution in [0.3, 0.4) is 0 Å². The summed E-state index contributed by atoms with van der Waals surface area (Å²) in [5.74, 6) is 1.24. The van der Waals surface area contributed by atoms with Crippen molar-refractivity contribution >= 4 is 5.91 Å². The molecule has 5 rings (SSSR count). The van der Waals surface area contributed by atoms with E-state index in [9.17, 15) is 4.79 Å². The Hall–Kier alpha value is -4.06. The molecule has 0 spiro atoms. The Labute approximate surface area is 205 Å². The number of methoxy groups -OCH3 is 1. The van der Waals surface area contributed by atoms with Crippen LogP contribution in [0.25, 0.3) is 11.3 Å². The van der Waals surface area contributed by atoms with Crippen LogP contribution in [0.1, 0.15) is 52.6 Å². The van der Waals surface area contributed by atoms with Crippen LogP contribution in [0.5, 0.6) is 11.5 Å². The van der Waals surface area contributed by atoms with Crippen LogP contribution in [0, 0.1) is 6.92 Å². The highest BCUT2D eigenvalue weighted by atomic mass is 16.5. The highest BCUT2D eigenvalue weighted by Gasteiger charge is 2.43. The van der Waals surface area contributed by atoms with E-state index in [0.717, 1.165) is 27.9 Å². The van der Waals surface area contributed by atoms with Gasteiger partial charge in [0.1, 0.15) is 12.3 Å². The number of aromatic nitrogens is 2. The molecule has 3 aromatic carbocycles. The molecule has 6 heteroatoms. The fourth-order valence-corrected chi connectivity index (χ4v) is 4.67. The SMILES string of the molecule is COc1cc(C2c3c(-c4ccc(C)cc4)n[nH]c3C(=O)N2C(C)C)ccc1OCc1ccccc1. The molecule has 2 heterocycles. The maximum Gasteiger partial charge on any atom is 0.273 e. The zero-order valence-corrected chi connectivity index (χ0v) is 20.4. The van der Waals surface area contributed by atoms with Crippen molar-refractivity contribution in [1.82, 2.24) is 15.1 Å². The van der Waals surface area contributed by atoms with Gasteiger partial charge in [-0.15, -0.1) is 0 Å². The second kappa shape index (κ2) is 9.29. The average Bonchev–Trinajstić information content (AvgIpc) is 3.43. The van der Waals surface area contributed by atoms with Crippen molar-refractivity contribution in [2.75, 3.05) is 7.11 Å². The zero-order chi connectivity index (χ0) is 24.5. The molecule has 1 aromatic heterocycles. The Morgan fingerprint density at radius 2 is 1.74 bits per heavy atom. The van der Waals surface area contributed by atoms with E-state index < -0.39 is 0 Å². The number of rotatable bonds is 7. The van der Waals surface area contributed by atoms with Crippen molar-refractivity contribution in [3.05, 3.63) is 101 Å². The van der Waals surface area contributed by atoms with E-state index in [2.05, 4.69) is 29.3 Å². The molecule has 1 unspecified atom stereocenters. The van der Waals surface area contributed by atoms with Crippen molar-refractivity contribution in [2.45, 2.75) is 39.5 Å². The Kier molecular flexibility index (Phi) is 6.03. The lowest BCUT2D eigenvalue weighted by molar-refractivity contribution is 0.0687. The molecule has 1 aliphatic heterocycles. The molecule has 1 atom stereocenters. The summed E-state index contributed by atoms with van der Waals surface area (Å²) in [7, 11) is 1.63. The zero-order valence-electron chi connectivity index (χ0n) is 20.4. The number of carbonyl (C=O) groups excluding carboxylic acids is 1. The predicted octanol–water partition coefficient (Wildman–Crippen LogP) is 5.93. The van der Waals surface area contributed by atoms with Crippen LogP contribution in [-0.2, 0) is 6.61 Å². The van der Waals surface area contributed by atoms with Gasteiger partial charge in [0.15, 0.2) is 11.5 Å². The van der Waals surface area contributed by atoms with E-state index in [4.69, 9.17) is 9.47 Å². The minimum Gasteiger partial charge on any atom is -0.493 e. The molecule has 6 nitrogen and oxygen atoms in total. The van der Waals surface area contributed by atoms with Gasteiger partial charge >= 0.3 is 0 Å². The summed E-state index contributed by atoms with van der Waals surface area (Å²) in [5.41, 5.74) is 6.42. The predicted molar refractivity (Wildman–Crippen MR) is 136 cm³/mol. The number of amides is 1. The van der Waals surface area contributed by atoms with Crippen molar-refractivity contribution in [2.24, 2.45) is 0 Å². The first-order chi connectivity index (χ1) is 17.0. The summed E-state index contributed by atoms with van der Waals surface area (Å²) in [6.07, 6.45) is 0. The smallest absolute Gasteiger partial charge is 0.273 e. The normalized spacial score (nSPS) is 14.9. The monoisotopic (exact) mass is 467 g/mol. The Balaban J connectivity index is 1.55. The molecular formula is C29H29N3O3. The fourth-order valence-electron chi connectivity index (χ4n) is 4.67. The molecule has 1 aliphatic rings. The molecule has 1 N–H and O–H groups in total. The van der Waals surface area contributed by atoms with E-state index in [0.29, 0.717) is 23.8 Å². The molecule has 178 valence electrons. The van der Waals surface area contributed by atoms with Crippen LogP contribution < -0.4 is 9.47 Å². The van der Waals surface area contributed by atoms with Gasteiger partial charge in [0.05, 0.1) is 18.8 Å². The number of aromatic amines is 1. The average molecular weight is 468 g/mol. The van der Waals surface area contributed by atoms with Gasteiger partial charge in [0, 0.05) is 17.2 Å². The van der Waals surface area contributed by atoms with E-state index in [1.807, 2.05) is 79.4 Å². The first-order valence-electron chi connectivity index (χ1n) is 11.8. The Bertz CT molecular complexity index is 1340. The number of aryl methyl sites for hydroxylation is 1. The number of hydrogen-bond acceptors (Lipinski definition) is 4. The van der Waals surface area contributed by atoms with E-state index in [1.54, 1.807) is 7.11 Å². The van der Waals surface area contributed by atoms with Gasteiger partial charge in [-0.3, -0.25) is 9.89 Å². The van der Waals surface area contributed by atoms with Crippen LogP contribution in [0.4, 0.5) is 0 Å². The summed E-state index contributed by atoms with van der Waals surface area (Å²) in [5, 5.41) is 7.57. The molecule has 4 aromatic rings. The second-order valence-electron chi connectivity index (χ2n) is 9.12. The number of fused-ring (bicyclic) bond motifs is 1. The topological polar surface area (TPSA) is 67.5 Å². The van der Waals surface area contributed by atoms with Crippen LogP contribution in [0.2, 0.25) is 0 Å². The molecule has 35 heavy (non-hydrogen) atoms. The first kappa shape index (κ1) is 22.7. The van der Waals surface area contributed by atoms with Crippen LogP contribution >= 0.6 is 0 Å². The number of nitrogens with one attached hydrogen (secondary N) is 1. The molecule has 0 aliphatic carbocycles. The quantitative estimate of drug-likeness (QED) is 0.366. The highest BCUT2D eigenvalue weighted by Crippen LogP contribution is 2.45. The summed E-state index contributed by atoms with van der Waals surface area (Å²) >= 11 is 0. The Morgan fingerprint density at radius 3 is 2.43 bits per heavy atom. The molecule has 0 bridgehead atoms. The summed E-state index contributed by atoms with van der Waals surface area (Å²) < 4.78 is 11.8. The Morgan fingerprint density at radius 1 is 1.00 bits per heavy atom. The number of benzene rings is 3. The van der Waals surface area contributed by atoms with E-state index in [1.165, 1.54) is 5.56 Å². The van der Waals surface area contributed by atoms with Crippen molar-refractivity contribution in [1.29, 1.82) is 0 Å². The van der Waals surface area contributed by atoms with Crippen LogP contribution in [-0.4, -0.2) is 34.2 Å². The first-order valence-corrected chi connectivity index (χ1v) is 11.8. The number of ether oxygens (including phenoxy) is 2. The van der Waals surface area contributed by atoms with E-state index in [-0.39, 0.29) is 18.0 Å². The lowest BCUT2D eigenvalue weighted by atomic mass is 9.95. The lowest BCUT2D eigenvalue weighted by Crippen LogP contribution is -2.35. The number of H-pyrrole nitrogens is 1. The summed E-state index contributed by atoms with van der Waals surface area (Å²) in [4.78, 5) is 15.3. The molecule has 0 fully saturated rings. The van der Waals surface area contributed by atoms with Crippen molar-refractivity contribution < 1.29 is 14.3 Å². The number of carbonyl (C=O) groups is 1. The molecular weight excluding hydrogens is 438 g/mol. The highest BCUT2D eigenvalue weighted by molar-refractivity contribution is 6.00. The van der Waals surface area contributed by atoms with Crippen molar-refractivity contribution in [3.8, 4) is 22.8 Å². The van der Waals surface area contributed by atoms with Gasteiger partial charge < -0.3 is 14.4 Å². The van der Waals surface area contributed by atoms with Gasteiger partial charge in [-0.05, 0) is 44.0 Å². The maximum absolute atomic E-state index is 13.4. The van der Waals surface area contributed by atoms with Gasteiger partial charge in [-0.1, -0.05) is 66.2 Å². The van der Waals surface area contributed by atoms with E-state index >= 15 is 0 Å². The molecule has 0 saturated heterocycles. The number of hydrogen-bond donors (Lipinski definition) is 1. The molecule has 1 amide bonds. The number of nitrogens with zero attached hydrogens (tertiary/aromatic N) is 2. The minimum atomic E-state index is -0.287. The molecule has 0 saturated carbocycles. The largest absolute Gasteiger partial charge is 0.493 e. The van der Waals surface area contributed by atoms with Gasteiger partial charge in [-0.25, -0.2) is 0 Å². The summed E-state index contributed by atoms with van der Waals surface area (Å²) in [6, 6.07) is 23.8. The maximum atomic E-state index is 13.4. The minimum absolute atomic E-state index is 0.000769. The third kappa shape index (κ3) is 4.16. The standard InChI is InChI=1S/C29H29N3O3/c1-18(2)32-28(25-26(30-31-27(25)29(32)33)21-12-10-19(3)11-13-21)22-14-15-23(24(16-22)34-4)35-17-20-8-6-5-7-9-20/h5-16,18,28H,17H2,1-4H3,(H,30,31). The third-order valence-corrected chi connectivity index (χ3v) is 6.43.